The van der Waals surface area contributed by atoms with E-state index in [1.807, 2.05) is 7.05 Å². The van der Waals surface area contributed by atoms with Gasteiger partial charge in [-0.05, 0) is 25.4 Å². The van der Waals surface area contributed by atoms with E-state index in [2.05, 4.69) is 35.1 Å². The van der Waals surface area contributed by atoms with Crippen LogP contribution in [0.1, 0.15) is 17.8 Å². The van der Waals surface area contributed by atoms with Gasteiger partial charge in [0.25, 0.3) is 0 Å². The molecule has 0 aliphatic carbocycles. The standard InChI is InChI=1S/C9H16N2S/c1-8(11-6-5-10-2)9-4-3-7-12-9/h3-4,7-8,10-11H,5-6H2,1-2H3. The second kappa shape index (κ2) is 5.30. The molecule has 1 rings (SSSR count). The number of thiophene rings is 1. The molecule has 2 N–H and O–H groups in total. The van der Waals surface area contributed by atoms with Gasteiger partial charge < -0.3 is 10.6 Å². The van der Waals surface area contributed by atoms with Crippen LogP contribution in [0.2, 0.25) is 0 Å². The number of hydrogen-bond donors (Lipinski definition) is 2. The van der Waals surface area contributed by atoms with Crippen LogP contribution < -0.4 is 10.6 Å². The van der Waals surface area contributed by atoms with Gasteiger partial charge in [0.15, 0.2) is 0 Å². The van der Waals surface area contributed by atoms with Crippen LogP contribution in [-0.4, -0.2) is 20.1 Å². The zero-order valence-corrected chi connectivity index (χ0v) is 8.45. The summed E-state index contributed by atoms with van der Waals surface area (Å²) < 4.78 is 0. The van der Waals surface area contributed by atoms with Crippen molar-refractivity contribution in [2.75, 3.05) is 20.1 Å². The Morgan fingerprint density at radius 1 is 1.50 bits per heavy atom. The van der Waals surface area contributed by atoms with Crippen molar-refractivity contribution in [1.29, 1.82) is 0 Å². The van der Waals surface area contributed by atoms with Crippen molar-refractivity contribution < 1.29 is 0 Å². The van der Waals surface area contributed by atoms with E-state index in [0.717, 1.165) is 13.1 Å². The van der Waals surface area contributed by atoms with E-state index < -0.39 is 0 Å². The third-order valence-corrected chi connectivity index (χ3v) is 2.85. The summed E-state index contributed by atoms with van der Waals surface area (Å²) in [6.45, 7) is 4.24. The predicted octanol–water partition coefficient (Wildman–Crippen LogP) is 1.62. The highest BCUT2D eigenvalue weighted by atomic mass is 32.1. The average molecular weight is 184 g/mol. The highest BCUT2D eigenvalue weighted by Gasteiger charge is 2.03. The fourth-order valence-electron chi connectivity index (χ4n) is 1.05. The van der Waals surface area contributed by atoms with E-state index in [1.165, 1.54) is 4.88 Å². The van der Waals surface area contributed by atoms with Gasteiger partial charge in [0.1, 0.15) is 0 Å². The summed E-state index contributed by atoms with van der Waals surface area (Å²) >= 11 is 1.81. The topological polar surface area (TPSA) is 24.1 Å². The second-order valence-electron chi connectivity index (χ2n) is 2.79. The van der Waals surface area contributed by atoms with Crippen LogP contribution in [0.4, 0.5) is 0 Å². The van der Waals surface area contributed by atoms with Crippen LogP contribution in [0, 0.1) is 0 Å². The molecule has 12 heavy (non-hydrogen) atoms. The summed E-state index contributed by atoms with van der Waals surface area (Å²) in [6.07, 6.45) is 0. The quantitative estimate of drug-likeness (QED) is 0.679. The van der Waals surface area contributed by atoms with Crippen molar-refractivity contribution in [3.05, 3.63) is 22.4 Å². The SMILES string of the molecule is CNCCNC(C)c1cccs1. The molecule has 3 heteroatoms. The third-order valence-electron chi connectivity index (χ3n) is 1.80. The maximum absolute atomic E-state index is 3.43. The molecule has 0 aromatic carbocycles. The van der Waals surface area contributed by atoms with E-state index in [1.54, 1.807) is 11.3 Å². The first-order valence-electron chi connectivity index (χ1n) is 4.26. The van der Waals surface area contributed by atoms with E-state index in [4.69, 9.17) is 0 Å². The Balaban J connectivity index is 2.25. The van der Waals surface area contributed by atoms with Crippen LogP contribution in [0.15, 0.2) is 17.5 Å². The van der Waals surface area contributed by atoms with Gasteiger partial charge in [-0.15, -0.1) is 11.3 Å². The Labute approximate surface area is 78.0 Å². The van der Waals surface area contributed by atoms with Crippen molar-refractivity contribution >= 4 is 11.3 Å². The zero-order valence-electron chi connectivity index (χ0n) is 7.63. The maximum Gasteiger partial charge on any atom is 0.0386 e. The lowest BCUT2D eigenvalue weighted by Crippen LogP contribution is -2.26. The fourth-order valence-corrected chi connectivity index (χ4v) is 1.81. The summed E-state index contributed by atoms with van der Waals surface area (Å²) in [7, 11) is 1.97. The molecule has 0 fully saturated rings. The zero-order chi connectivity index (χ0) is 8.81. The van der Waals surface area contributed by atoms with Crippen LogP contribution in [0.3, 0.4) is 0 Å². The van der Waals surface area contributed by atoms with E-state index in [9.17, 15) is 0 Å². The molecule has 68 valence electrons. The van der Waals surface area contributed by atoms with Gasteiger partial charge in [-0.25, -0.2) is 0 Å². The molecule has 0 amide bonds. The van der Waals surface area contributed by atoms with Crippen molar-refractivity contribution in [1.82, 2.24) is 10.6 Å². The average Bonchev–Trinajstić information content (AvgIpc) is 2.56. The molecular formula is C9H16N2S. The number of hydrogen-bond acceptors (Lipinski definition) is 3. The molecule has 0 spiro atoms. The largest absolute Gasteiger partial charge is 0.318 e. The fraction of sp³-hybridized carbons (Fsp3) is 0.556. The lowest BCUT2D eigenvalue weighted by molar-refractivity contribution is 0.569. The van der Waals surface area contributed by atoms with Gasteiger partial charge in [-0.2, -0.15) is 0 Å². The molecule has 1 aromatic rings. The molecule has 0 radical (unpaired) electrons. The molecule has 1 unspecified atom stereocenters. The molecule has 0 saturated carbocycles. The minimum absolute atomic E-state index is 0.485. The van der Waals surface area contributed by atoms with Gasteiger partial charge in [-0.1, -0.05) is 6.07 Å². The molecule has 1 atom stereocenters. The Kier molecular flexibility index (Phi) is 4.29. The number of nitrogens with one attached hydrogen (secondary N) is 2. The van der Waals surface area contributed by atoms with Gasteiger partial charge in [-0.3, -0.25) is 0 Å². The molecule has 0 aliphatic heterocycles. The van der Waals surface area contributed by atoms with Gasteiger partial charge >= 0.3 is 0 Å². The Morgan fingerprint density at radius 2 is 2.33 bits per heavy atom. The first kappa shape index (κ1) is 9.71. The van der Waals surface area contributed by atoms with Crippen LogP contribution >= 0.6 is 11.3 Å². The molecule has 0 saturated heterocycles. The maximum atomic E-state index is 3.43. The van der Waals surface area contributed by atoms with Crippen LogP contribution in [-0.2, 0) is 0 Å². The Morgan fingerprint density at radius 3 is 2.92 bits per heavy atom. The molecule has 0 bridgehead atoms. The van der Waals surface area contributed by atoms with Gasteiger partial charge in [0, 0.05) is 24.0 Å². The molecule has 0 aliphatic rings. The molecule has 1 heterocycles. The molecule has 1 aromatic heterocycles. The Bertz CT molecular complexity index is 196. The lowest BCUT2D eigenvalue weighted by atomic mass is 10.3. The minimum Gasteiger partial charge on any atom is -0.318 e. The number of likely N-dealkylation sites (N-methyl/N-ethyl adjacent to an activating group) is 1. The van der Waals surface area contributed by atoms with E-state index >= 15 is 0 Å². The second-order valence-corrected chi connectivity index (χ2v) is 3.77. The summed E-state index contributed by atoms with van der Waals surface area (Å²) in [5, 5.41) is 8.66. The van der Waals surface area contributed by atoms with Crippen LogP contribution in [0.5, 0.6) is 0 Å². The third kappa shape index (κ3) is 2.93. The van der Waals surface area contributed by atoms with Crippen molar-refractivity contribution in [2.24, 2.45) is 0 Å². The van der Waals surface area contributed by atoms with Gasteiger partial charge in [0.2, 0.25) is 0 Å². The normalized spacial score (nSPS) is 13.2. The minimum atomic E-state index is 0.485. The van der Waals surface area contributed by atoms with Gasteiger partial charge in [0.05, 0.1) is 0 Å². The highest BCUT2D eigenvalue weighted by molar-refractivity contribution is 7.10. The van der Waals surface area contributed by atoms with Crippen molar-refractivity contribution in [3.63, 3.8) is 0 Å². The number of rotatable bonds is 5. The first-order chi connectivity index (χ1) is 5.84. The summed E-state index contributed by atoms with van der Waals surface area (Å²) in [4.78, 5) is 1.41. The molecule has 2 nitrogen and oxygen atoms in total. The summed E-state index contributed by atoms with van der Waals surface area (Å²) in [5.74, 6) is 0. The van der Waals surface area contributed by atoms with Crippen molar-refractivity contribution in [2.45, 2.75) is 13.0 Å². The monoisotopic (exact) mass is 184 g/mol. The van der Waals surface area contributed by atoms with E-state index in [0.29, 0.717) is 6.04 Å². The summed E-state index contributed by atoms with van der Waals surface area (Å²) in [6, 6.07) is 4.75. The first-order valence-corrected chi connectivity index (χ1v) is 5.14. The van der Waals surface area contributed by atoms with E-state index in [-0.39, 0.29) is 0 Å². The van der Waals surface area contributed by atoms with Crippen LogP contribution in [0.25, 0.3) is 0 Å². The van der Waals surface area contributed by atoms with Crippen molar-refractivity contribution in [3.8, 4) is 0 Å². The predicted molar refractivity (Wildman–Crippen MR) is 54.7 cm³/mol. The highest BCUT2D eigenvalue weighted by Crippen LogP contribution is 2.17. The summed E-state index contributed by atoms with van der Waals surface area (Å²) in [5.41, 5.74) is 0. The Hall–Kier alpha value is -0.380. The molecular weight excluding hydrogens is 168 g/mol. The lowest BCUT2D eigenvalue weighted by Gasteiger charge is -2.11. The smallest absolute Gasteiger partial charge is 0.0386 e.